The molecule has 0 aliphatic rings. The molecule has 0 bridgehead atoms. The Balaban J connectivity index is 2.50. The van der Waals surface area contributed by atoms with Crippen LogP contribution in [0.15, 0.2) is 18.2 Å². The first-order chi connectivity index (χ1) is 8.54. The lowest BCUT2D eigenvalue weighted by Crippen LogP contribution is -2.14. The molecule has 2 aromatic rings. The molecule has 0 saturated carbocycles. The highest BCUT2D eigenvalue weighted by atomic mass is 35.5. The molecule has 1 atom stereocenters. The van der Waals surface area contributed by atoms with E-state index in [-0.39, 0.29) is 0 Å². The van der Waals surface area contributed by atoms with Crippen LogP contribution in [0.3, 0.4) is 0 Å². The maximum atomic E-state index is 6.04. The van der Waals surface area contributed by atoms with Crippen LogP contribution < -0.4 is 0 Å². The first kappa shape index (κ1) is 13.4. The number of aromatic nitrogens is 2. The van der Waals surface area contributed by atoms with Crippen molar-refractivity contribution in [2.24, 2.45) is 11.8 Å². The number of fused-ring (bicyclic) bond motifs is 1. The van der Waals surface area contributed by atoms with Crippen LogP contribution >= 0.6 is 11.6 Å². The van der Waals surface area contributed by atoms with Gasteiger partial charge in [-0.05, 0) is 30.4 Å². The minimum Gasteiger partial charge on any atom is -0.327 e. The largest absolute Gasteiger partial charge is 0.327 e. The molecule has 18 heavy (non-hydrogen) atoms. The lowest BCUT2D eigenvalue weighted by Gasteiger charge is -2.18. The van der Waals surface area contributed by atoms with Crippen molar-refractivity contribution in [2.75, 3.05) is 0 Å². The van der Waals surface area contributed by atoms with Crippen LogP contribution in [0, 0.1) is 18.8 Å². The molecule has 0 aliphatic carbocycles. The Labute approximate surface area is 114 Å². The molecule has 2 rings (SSSR count). The molecule has 0 fully saturated rings. The maximum absolute atomic E-state index is 6.04. The summed E-state index contributed by atoms with van der Waals surface area (Å²) in [5, 5.41) is 0. The van der Waals surface area contributed by atoms with Gasteiger partial charge in [-0.3, -0.25) is 0 Å². The number of halogens is 1. The number of benzene rings is 1. The second-order valence-corrected chi connectivity index (χ2v) is 5.70. The molecular weight excluding hydrogens is 244 g/mol. The van der Waals surface area contributed by atoms with Gasteiger partial charge in [-0.2, -0.15) is 0 Å². The fraction of sp³-hybridized carbons (Fsp3) is 0.533. The monoisotopic (exact) mass is 264 g/mol. The Morgan fingerprint density at radius 1 is 1.28 bits per heavy atom. The van der Waals surface area contributed by atoms with E-state index < -0.39 is 0 Å². The Kier molecular flexibility index (Phi) is 3.96. The van der Waals surface area contributed by atoms with Crippen molar-refractivity contribution in [3.8, 4) is 0 Å². The van der Waals surface area contributed by atoms with Crippen molar-refractivity contribution in [1.29, 1.82) is 0 Å². The predicted octanol–water partition coefficient (Wildman–Crippen LogP) is 4.38. The fourth-order valence-corrected chi connectivity index (χ4v) is 2.34. The van der Waals surface area contributed by atoms with Crippen LogP contribution in [0.5, 0.6) is 0 Å². The summed E-state index contributed by atoms with van der Waals surface area (Å²) in [5.41, 5.74) is 3.51. The van der Waals surface area contributed by atoms with Gasteiger partial charge in [0.25, 0.3) is 0 Å². The van der Waals surface area contributed by atoms with E-state index in [1.54, 1.807) is 0 Å². The molecule has 0 radical (unpaired) electrons. The minimum atomic E-state index is 0.471. The second-order valence-electron chi connectivity index (χ2n) is 5.44. The first-order valence-corrected chi connectivity index (χ1v) is 7.08. The van der Waals surface area contributed by atoms with Gasteiger partial charge < -0.3 is 4.57 Å². The Morgan fingerprint density at radius 3 is 2.61 bits per heavy atom. The van der Waals surface area contributed by atoms with E-state index in [1.165, 1.54) is 11.1 Å². The molecule has 0 amide bonds. The topological polar surface area (TPSA) is 17.8 Å². The zero-order valence-corrected chi connectivity index (χ0v) is 12.3. The van der Waals surface area contributed by atoms with Gasteiger partial charge in [0.05, 0.1) is 16.9 Å². The summed E-state index contributed by atoms with van der Waals surface area (Å²) >= 11 is 6.04. The van der Waals surface area contributed by atoms with Crippen molar-refractivity contribution in [1.82, 2.24) is 9.55 Å². The van der Waals surface area contributed by atoms with E-state index in [2.05, 4.69) is 55.4 Å². The van der Waals surface area contributed by atoms with E-state index in [4.69, 9.17) is 11.6 Å². The van der Waals surface area contributed by atoms with Crippen molar-refractivity contribution in [2.45, 2.75) is 40.1 Å². The van der Waals surface area contributed by atoms with E-state index in [1.807, 2.05) is 0 Å². The Morgan fingerprint density at radius 2 is 2.00 bits per heavy atom. The number of hydrogen-bond acceptors (Lipinski definition) is 1. The minimum absolute atomic E-state index is 0.471. The summed E-state index contributed by atoms with van der Waals surface area (Å²) in [6.07, 6.45) is 0. The highest BCUT2D eigenvalue weighted by Gasteiger charge is 2.15. The first-order valence-electron chi connectivity index (χ1n) is 6.55. The number of nitrogens with zero attached hydrogens (tertiary/aromatic N) is 2. The Bertz CT molecular complexity index is 543. The van der Waals surface area contributed by atoms with Crippen LogP contribution in [-0.2, 0) is 12.4 Å². The highest BCUT2D eigenvalue weighted by molar-refractivity contribution is 6.16. The molecule has 1 heterocycles. The molecule has 3 heteroatoms. The number of imidazole rings is 1. The van der Waals surface area contributed by atoms with Crippen LogP contribution in [0.4, 0.5) is 0 Å². The standard InChI is InChI=1S/C15H21ClN2/c1-10(2)12(4)9-18-13-7-5-6-11(3)15(13)17-14(18)8-16/h5-7,10,12H,8-9H2,1-4H3. The quantitative estimate of drug-likeness (QED) is 0.750. The molecule has 0 spiro atoms. The van der Waals surface area contributed by atoms with E-state index in [0.29, 0.717) is 17.7 Å². The van der Waals surface area contributed by atoms with Crippen molar-refractivity contribution < 1.29 is 0 Å². The van der Waals surface area contributed by atoms with Gasteiger partial charge in [0.1, 0.15) is 5.82 Å². The van der Waals surface area contributed by atoms with Crippen LogP contribution in [0.1, 0.15) is 32.2 Å². The molecule has 1 aromatic carbocycles. The summed E-state index contributed by atoms with van der Waals surface area (Å²) < 4.78 is 2.28. The normalized spacial score (nSPS) is 13.4. The summed E-state index contributed by atoms with van der Waals surface area (Å²) in [4.78, 5) is 4.67. The van der Waals surface area contributed by atoms with Gasteiger partial charge in [-0.25, -0.2) is 4.98 Å². The summed E-state index contributed by atoms with van der Waals surface area (Å²) in [6.45, 7) is 9.89. The smallest absolute Gasteiger partial charge is 0.124 e. The molecule has 0 aliphatic heterocycles. The van der Waals surface area contributed by atoms with Crippen LogP contribution in [0.2, 0.25) is 0 Å². The predicted molar refractivity (Wildman–Crippen MR) is 78.0 cm³/mol. The zero-order chi connectivity index (χ0) is 13.3. The van der Waals surface area contributed by atoms with Crippen LogP contribution in [0.25, 0.3) is 11.0 Å². The van der Waals surface area contributed by atoms with Gasteiger partial charge >= 0.3 is 0 Å². The highest BCUT2D eigenvalue weighted by Crippen LogP contribution is 2.23. The zero-order valence-electron chi connectivity index (χ0n) is 11.6. The average Bonchev–Trinajstić information content (AvgIpc) is 2.69. The van der Waals surface area contributed by atoms with Crippen molar-refractivity contribution in [3.05, 3.63) is 29.6 Å². The number of hydrogen-bond donors (Lipinski definition) is 0. The van der Waals surface area contributed by atoms with Gasteiger partial charge in [0.15, 0.2) is 0 Å². The van der Waals surface area contributed by atoms with Crippen molar-refractivity contribution in [3.63, 3.8) is 0 Å². The molecule has 0 saturated heterocycles. The summed E-state index contributed by atoms with van der Waals surface area (Å²) in [5.74, 6) is 2.73. The average molecular weight is 265 g/mol. The third-order valence-electron chi connectivity index (χ3n) is 3.79. The lowest BCUT2D eigenvalue weighted by molar-refractivity contribution is 0.365. The summed E-state index contributed by atoms with van der Waals surface area (Å²) in [6, 6.07) is 6.33. The number of rotatable bonds is 4. The number of para-hydroxylation sites is 1. The third-order valence-corrected chi connectivity index (χ3v) is 4.03. The molecule has 0 N–H and O–H groups in total. The van der Waals surface area contributed by atoms with Crippen LogP contribution in [-0.4, -0.2) is 9.55 Å². The molecule has 1 unspecified atom stereocenters. The van der Waals surface area contributed by atoms with E-state index in [0.717, 1.165) is 17.9 Å². The van der Waals surface area contributed by atoms with E-state index in [9.17, 15) is 0 Å². The number of alkyl halides is 1. The van der Waals surface area contributed by atoms with Gasteiger partial charge in [-0.15, -0.1) is 11.6 Å². The molecule has 1 aromatic heterocycles. The number of aryl methyl sites for hydroxylation is 1. The maximum Gasteiger partial charge on any atom is 0.124 e. The lowest BCUT2D eigenvalue weighted by atomic mass is 9.98. The van der Waals surface area contributed by atoms with Gasteiger partial charge in [-0.1, -0.05) is 32.9 Å². The molecule has 2 nitrogen and oxygen atoms in total. The van der Waals surface area contributed by atoms with E-state index >= 15 is 0 Å². The van der Waals surface area contributed by atoms with Crippen molar-refractivity contribution >= 4 is 22.6 Å². The fourth-order valence-electron chi connectivity index (χ4n) is 2.14. The third kappa shape index (κ3) is 2.39. The van der Waals surface area contributed by atoms with Gasteiger partial charge in [0, 0.05) is 6.54 Å². The molecule has 98 valence electrons. The second kappa shape index (κ2) is 5.31. The Hall–Kier alpha value is -1.02. The SMILES string of the molecule is Cc1cccc2c1nc(CCl)n2CC(C)C(C)C. The van der Waals surface area contributed by atoms with Gasteiger partial charge in [0.2, 0.25) is 0 Å². The molecular formula is C15H21ClN2. The summed E-state index contributed by atoms with van der Waals surface area (Å²) in [7, 11) is 0.